The first-order valence-electron chi connectivity index (χ1n) is 8.94. The second kappa shape index (κ2) is 10.7. The van der Waals surface area contributed by atoms with Gasteiger partial charge in [-0.3, -0.25) is 9.69 Å². The van der Waals surface area contributed by atoms with Crippen molar-refractivity contribution in [3.63, 3.8) is 0 Å². The van der Waals surface area contributed by atoms with Crippen LogP contribution in [0.25, 0.3) is 0 Å². The summed E-state index contributed by atoms with van der Waals surface area (Å²) in [6.45, 7) is 10.1. The fraction of sp³-hybridized carbons (Fsp3) is 0.632. The molecule has 24 heavy (non-hydrogen) atoms. The molecule has 0 bridgehead atoms. The van der Waals surface area contributed by atoms with E-state index in [0.29, 0.717) is 18.5 Å². The summed E-state index contributed by atoms with van der Waals surface area (Å²) in [6, 6.07) is 8.72. The van der Waals surface area contributed by atoms with E-state index in [-0.39, 0.29) is 18.3 Å². The molecule has 0 atom stereocenters. The molecule has 0 aliphatic carbocycles. The molecule has 1 aromatic carbocycles. The second-order valence-electron chi connectivity index (χ2n) is 6.78. The van der Waals surface area contributed by atoms with Gasteiger partial charge in [0.15, 0.2) is 0 Å². The highest BCUT2D eigenvalue weighted by Crippen LogP contribution is 2.17. The van der Waals surface area contributed by atoms with E-state index >= 15 is 0 Å². The Morgan fingerprint density at radius 3 is 2.42 bits per heavy atom. The molecular weight excluding hydrogens is 322 g/mol. The number of nitrogens with one attached hydrogen (secondary N) is 2. The maximum Gasteiger partial charge on any atom is 0.238 e. The summed E-state index contributed by atoms with van der Waals surface area (Å²) >= 11 is 0. The zero-order chi connectivity index (χ0) is 16.7. The summed E-state index contributed by atoms with van der Waals surface area (Å²) in [4.78, 5) is 14.7. The van der Waals surface area contributed by atoms with Gasteiger partial charge in [-0.25, -0.2) is 0 Å². The van der Waals surface area contributed by atoms with Crippen LogP contribution < -0.4 is 10.6 Å². The topological polar surface area (TPSA) is 44.4 Å². The molecule has 1 saturated heterocycles. The van der Waals surface area contributed by atoms with Crippen LogP contribution in [0.15, 0.2) is 24.3 Å². The second-order valence-corrected chi connectivity index (χ2v) is 6.78. The SMILES string of the molecule is CCCN(CC(=O)Nc1ccc(C(C)C)cc1)C1CCNCC1.Cl. The standard InChI is InChI=1S/C19H31N3O.ClH/c1-4-13-22(18-9-11-20-12-10-18)14-19(23)21-17-7-5-16(6-8-17)15(2)3;/h5-8,15,18,20H,4,9-14H2,1-3H3,(H,21,23);1H. The maximum atomic E-state index is 12.4. The third kappa shape index (κ3) is 6.42. The van der Waals surface area contributed by atoms with E-state index in [2.05, 4.69) is 48.4 Å². The van der Waals surface area contributed by atoms with Crippen molar-refractivity contribution in [2.24, 2.45) is 0 Å². The van der Waals surface area contributed by atoms with Crippen molar-refractivity contribution >= 4 is 24.0 Å². The van der Waals surface area contributed by atoms with Gasteiger partial charge in [0.2, 0.25) is 5.91 Å². The molecule has 2 rings (SSSR count). The number of rotatable bonds is 7. The van der Waals surface area contributed by atoms with Crippen LogP contribution in [0, 0.1) is 0 Å². The minimum absolute atomic E-state index is 0. The average molecular weight is 354 g/mol. The molecular formula is C19H32ClN3O. The molecule has 1 aromatic rings. The highest BCUT2D eigenvalue weighted by Gasteiger charge is 2.22. The minimum atomic E-state index is 0. The number of hydrogen-bond donors (Lipinski definition) is 2. The number of nitrogens with zero attached hydrogens (tertiary/aromatic N) is 1. The Morgan fingerprint density at radius 2 is 1.88 bits per heavy atom. The van der Waals surface area contributed by atoms with E-state index in [1.165, 1.54) is 5.56 Å². The Hall–Kier alpha value is -1.10. The molecule has 0 unspecified atom stereocenters. The fourth-order valence-electron chi connectivity index (χ4n) is 3.19. The van der Waals surface area contributed by atoms with Crippen LogP contribution in [0.2, 0.25) is 0 Å². The van der Waals surface area contributed by atoms with Gasteiger partial charge in [0.1, 0.15) is 0 Å². The molecule has 136 valence electrons. The zero-order valence-corrected chi connectivity index (χ0v) is 16.0. The Kier molecular flexibility index (Phi) is 9.34. The van der Waals surface area contributed by atoms with Gasteiger partial charge in [-0.15, -0.1) is 12.4 Å². The van der Waals surface area contributed by atoms with Gasteiger partial charge >= 0.3 is 0 Å². The van der Waals surface area contributed by atoms with E-state index in [9.17, 15) is 4.79 Å². The van der Waals surface area contributed by atoms with Gasteiger partial charge in [-0.2, -0.15) is 0 Å². The summed E-state index contributed by atoms with van der Waals surface area (Å²) in [6.07, 6.45) is 3.35. The van der Waals surface area contributed by atoms with Crippen molar-refractivity contribution < 1.29 is 4.79 Å². The van der Waals surface area contributed by atoms with Crippen molar-refractivity contribution in [2.75, 3.05) is 31.5 Å². The van der Waals surface area contributed by atoms with E-state index in [0.717, 1.165) is 44.6 Å². The third-order valence-electron chi connectivity index (χ3n) is 4.54. The number of amides is 1. The van der Waals surface area contributed by atoms with Crippen molar-refractivity contribution in [1.29, 1.82) is 0 Å². The van der Waals surface area contributed by atoms with Crippen LogP contribution in [-0.4, -0.2) is 43.0 Å². The molecule has 1 heterocycles. The van der Waals surface area contributed by atoms with Crippen molar-refractivity contribution in [1.82, 2.24) is 10.2 Å². The molecule has 4 nitrogen and oxygen atoms in total. The molecule has 0 saturated carbocycles. The number of piperidine rings is 1. The Morgan fingerprint density at radius 1 is 1.25 bits per heavy atom. The number of hydrogen-bond acceptors (Lipinski definition) is 3. The van der Waals surface area contributed by atoms with Gasteiger partial charge < -0.3 is 10.6 Å². The summed E-state index contributed by atoms with van der Waals surface area (Å²) in [5.41, 5.74) is 2.19. The normalized spacial score (nSPS) is 15.4. The number of carbonyl (C=O) groups excluding carboxylic acids is 1. The molecule has 0 aromatic heterocycles. The van der Waals surface area contributed by atoms with Gasteiger partial charge in [-0.05, 0) is 62.5 Å². The van der Waals surface area contributed by atoms with Crippen LogP contribution in [-0.2, 0) is 4.79 Å². The van der Waals surface area contributed by atoms with Crippen LogP contribution in [0.4, 0.5) is 5.69 Å². The predicted octanol–water partition coefficient (Wildman–Crippen LogP) is 3.63. The van der Waals surface area contributed by atoms with Crippen LogP contribution >= 0.6 is 12.4 Å². The van der Waals surface area contributed by atoms with E-state index < -0.39 is 0 Å². The van der Waals surface area contributed by atoms with Crippen LogP contribution in [0.1, 0.15) is 51.5 Å². The lowest BCUT2D eigenvalue weighted by Crippen LogP contribution is -2.46. The molecule has 0 radical (unpaired) electrons. The van der Waals surface area contributed by atoms with Crippen LogP contribution in [0.5, 0.6) is 0 Å². The fourth-order valence-corrected chi connectivity index (χ4v) is 3.19. The largest absolute Gasteiger partial charge is 0.325 e. The number of anilines is 1. The van der Waals surface area contributed by atoms with Gasteiger partial charge in [0.25, 0.3) is 0 Å². The number of carbonyl (C=O) groups is 1. The monoisotopic (exact) mass is 353 g/mol. The van der Waals surface area contributed by atoms with E-state index in [1.54, 1.807) is 0 Å². The molecule has 1 aliphatic heterocycles. The lowest BCUT2D eigenvalue weighted by molar-refractivity contribution is -0.118. The maximum absolute atomic E-state index is 12.4. The van der Waals surface area contributed by atoms with Crippen molar-refractivity contribution in [3.05, 3.63) is 29.8 Å². The van der Waals surface area contributed by atoms with E-state index in [4.69, 9.17) is 0 Å². The smallest absolute Gasteiger partial charge is 0.238 e. The van der Waals surface area contributed by atoms with Gasteiger partial charge in [0, 0.05) is 11.7 Å². The molecule has 5 heteroatoms. The first-order chi connectivity index (χ1) is 11.1. The third-order valence-corrected chi connectivity index (χ3v) is 4.54. The predicted molar refractivity (Wildman–Crippen MR) is 104 cm³/mol. The highest BCUT2D eigenvalue weighted by atomic mass is 35.5. The van der Waals surface area contributed by atoms with Crippen LogP contribution in [0.3, 0.4) is 0 Å². The average Bonchev–Trinajstić information content (AvgIpc) is 2.55. The Labute approximate surface area is 152 Å². The van der Waals surface area contributed by atoms with E-state index in [1.807, 2.05) is 12.1 Å². The zero-order valence-electron chi connectivity index (χ0n) is 15.2. The first-order valence-corrected chi connectivity index (χ1v) is 8.94. The Balaban J connectivity index is 0.00000288. The molecule has 1 aliphatic rings. The Bertz CT molecular complexity index is 484. The summed E-state index contributed by atoms with van der Waals surface area (Å²) < 4.78 is 0. The molecule has 1 amide bonds. The van der Waals surface area contributed by atoms with Gasteiger partial charge in [0.05, 0.1) is 6.54 Å². The quantitative estimate of drug-likeness (QED) is 0.786. The minimum Gasteiger partial charge on any atom is -0.325 e. The molecule has 0 spiro atoms. The lowest BCUT2D eigenvalue weighted by Gasteiger charge is -2.34. The lowest BCUT2D eigenvalue weighted by atomic mass is 10.0. The van der Waals surface area contributed by atoms with Crippen molar-refractivity contribution in [3.8, 4) is 0 Å². The summed E-state index contributed by atoms with van der Waals surface area (Å²) in [7, 11) is 0. The summed E-state index contributed by atoms with van der Waals surface area (Å²) in [5, 5.41) is 6.43. The first kappa shape index (κ1) is 20.9. The molecule has 1 fully saturated rings. The number of halogens is 1. The molecule has 2 N–H and O–H groups in total. The summed E-state index contributed by atoms with van der Waals surface area (Å²) in [5.74, 6) is 0.606. The van der Waals surface area contributed by atoms with Crippen molar-refractivity contribution in [2.45, 2.75) is 52.0 Å². The highest BCUT2D eigenvalue weighted by molar-refractivity contribution is 5.92. The number of benzene rings is 1. The van der Waals surface area contributed by atoms with Gasteiger partial charge in [-0.1, -0.05) is 32.9 Å².